The summed E-state index contributed by atoms with van der Waals surface area (Å²) in [5, 5.41) is 8.64. The van der Waals surface area contributed by atoms with Gasteiger partial charge >= 0.3 is 5.97 Å². The molecule has 100 valence electrons. The summed E-state index contributed by atoms with van der Waals surface area (Å²) >= 11 is 0. The predicted molar refractivity (Wildman–Crippen MR) is 70.9 cm³/mol. The van der Waals surface area contributed by atoms with E-state index in [1.165, 1.54) is 5.56 Å². The highest BCUT2D eigenvalue weighted by Gasteiger charge is 2.18. The van der Waals surface area contributed by atoms with Crippen LogP contribution in [-0.2, 0) is 10.2 Å². The van der Waals surface area contributed by atoms with Gasteiger partial charge in [0, 0.05) is 0 Å². The molecule has 18 heavy (non-hydrogen) atoms. The largest absolute Gasteiger partial charge is 0.491 e. The third-order valence-electron chi connectivity index (χ3n) is 3.27. The maximum Gasteiger partial charge on any atom is 0.324 e. The molecule has 0 heterocycles. The number of aliphatic carboxylic acids is 1. The molecule has 0 bridgehead atoms. The summed E-state index contributed by atoms with van der Waals surface area (Å²) in [7, 11) is 0. The van der Waals surface area contributed by atoms with Gasteiger partial charge in [-0.15, -0.1) is 0 Å². The van der Waals surface area contributed by atoms with E-state index in [1.54, 1.807) is 0 Å². The van der Waals surface area contributed by atoms with E-state index >= 15 is 0 Å². The molecule has 0 saturated heterocycles. The first-order valence-electron chi connectivity index (χ1n) is 6.08. The van der Waals surface area contributed by atoms with Gasteiger partial charge in [0.2, 0.25) is 0 Å². The molecule has 3 N–H and O–H groups in total. The van der Waals surface area contributed by atoms with E-state index in [2.05, 4.69) is 20.8 Å². The summed E-state index contributed by atoms with van der Waals surface area (Å²) in [6.07, 6.45) is 1.05. The van der Waals surface area contributed by atoms with Crippen molar-refractivity contribution in [3.63, 3.8) is 0 Å². The van der Waals surface area contributed by atoms with Crippen LogP contribution >= 0.6 is 0 Å². The highest BCUT2D eigenvalue weighted by atomic mass is 16.5. The number of hydrogen-bond acceptors (Lipinski definition) is 3. The Morgan fingerprint density at radius 1 is 1.39 bits per heavy atom. The smallest absolute Gasteiger partial charge is 0.324 e. The van der Waals surface area contributed by atoms with Gasteiger partial charge < -0.3 is 15.6 Å². The molecule has 0 saturated carbocycles. The van der Waals surface area contributed by atoms with E-state index in [9.17, 15) is 4.79 Å². The van der Waals surface area contributed by atoms with Gasteiger partial charge in [0.05, 0.1) is 0 Å². The molecule has 0 amide bonds. The van der Waals surface area contributed by atoms with E-state index < -0.39 is 12.0 Å². The molecule has 1 aromatic carbocycles. The third kappa shape index (κ3) is 3.74. The average molecular weight is 251 g/mol. The minimum Gasteiger partial charge on any atom is -0.491 e. The number of ether oxygens (including phenoxy) is 1. The number of nitrogens with two attached hydrogens (primary N) is 1. The Morgan fingerprint density at radius 2 is 1.94 bits per heavy atom. The second-order valence-corrected chi connectivity index (χ2v) is 5.02. The van der Waals surface area contributed by atoms with Crippen LogP contribution in [0.3, 0.4) is 0 Å². The van der Waals surface area contributed by atoms with Gasteiger partial charge in [-0.05, 0) is 29.5 Å². The Labute approximate surface area is 108 Å². The lowest BCUT2D eigenvalue weighted by atomic mass is 9.82. The van der Waals surface area contributed by atoms with Gasteiger partial charge in [-0.2, -0.15) is 0 Å². The zero-order valence-corrected chi connectivity index (χ0v) is 11.1. The molecule has 0 radical (unpaired) electrons. The Balaban J connectivity index is 2.64. The van der Waals surface area contributed by atoms with Crippen molar-refractivity contribution < 1.29 is 14.6 Å². The monoisotopic (exact) mass is 251 g/mol. The number of carbonyl (C=O) groups is 1. The molecule has 1 rings (SSSR count). The minimum atomic E-state index is -1.06. The maximum atomic E-state index is 10.5. The van der Waals surface area contributed by atoms with Crippen LogP contribution < -0.4 is 10.5 Å². The molecule has 1 atom stereocenters. The third-order valence-corrected chi connectivity index (χ3v) is 3.27. The Kier molecular flexibility index (Phi) is 4.73. The molecule has 0 aliphatic rings. The Hall–Kier alpha value is -1.55. The zero-order chi connectivity index (χ0) is 13.8. The van der Waals surface area contributed by atoms with Gasteiger partial charge in [0.1, 0.15) is 18.4 Å². The number of carboxylic acid groups (broad SMARTS) is 1. The van der Waals surface area contributed by atoms with Crippen LogP contribution in [0.25, 0.3) is 0 Å². The van der Waals surface area contributed by atoms with Gasteiger partial charge in [-0.3, -0.25) is 4.79 Å². The molecule has 0 aliphatic heterocycles. The molecule has 4 nitrogen and oxygen atoms in total. The van der Waals surface area contributed by atoms with Crippen LogP contribution in [0.15, 0.2) is 24.3 Å². The second-order valence-electron chi connectivity index (χ2n) is 5.02. The van der Waals surface area contributed by atoms with Crippen LogP contribution in [0.5, 0.6) is 5.75 Å². The fraction of sp³-hybridized carbons (Fsp3) is 0.500. The molecule has 0 aliphatic carbocycles. The van der Waals surface area contributed by atoms with E-state index in [0.29, 0.717) is 5.75 Å². The number of carboxylic acids is 1. The van der Waals surface area contributed by atoms with Crippen molar-refractivity contribution in [3.05, 3.63) is 29.8 Å². The van der Waals surface area contributed by atoms with Crippen LogP contribution in [0.1, 0.15) is 32.8 Å². The van der Waals surface area contributed by atoms with Crippen molar-refractivity contribution in [3.8, 4) is 5.75 Å². The summed E-state index contributed by atoms with van der Waals surface area (Å²) in [5.74, 6) is -0.416. The summed E-state index contributed by atoms with van der Waals surface area (Å²) < 4.78 is 5.32. The SMILES string of the molecule is CCC(C)(C)c1ccc(OCC(N)C(=O)O)cc1. The first-order chi connectivity index (χ1) is 8.36. The second kappa shape index (κ2) is 5.87. The fourth-order valence-corrected chi connectivity index (χ4v) is 1.46. The van der Waals surface area contributed by atoms with Crippen LogP contribution in [0.2, 0.25) is 0 Å². The summed E-state index contributed by atoms with van der Waals surface area (Å²) in [6, 6.07) is 6.72. The summed E-state index contributed by atoms with van der Waals surface area (Å²) in [6.45, 7) is 6.49. The van der Waals surface area contributed by atoms with Crippen molar-refractivity contribution in [1.82, 2.24) is 0 Å². The first kappa shape index (κ1) is 14.5. The molecular weight excluding hydrogens is 230 g/mol. The van der Waals surface area contributed by atoms with E-state index in [4.69, 9.17) is 15.6 Å². The van der Waals surface area contributed by atoms with Crippen molar-refractivity contribution >= 4 is 5.97 Å². The molecule has 1 aromatic rings. The minimum absolute atomic E-state index is 0.0220. The zero-order valence-electron chi connectivity index (χ0n) is 11.1. The summed E-state index contributed by atoms with van der Waals surface area (Å²) in [4.78, 5) is 10.5. The molecular formula is C14H21NO3. The normalized spacial score (nSPS) is 13.1. The first-order valence-corrected chi connectivity index (χ1v) is 6.08. The van der Waals surface area contributed by atoms with Crippen LogP contribution in [-0.4, -0.2) is 23.7 Å². The van der Waals surface area contributed by atoms with Crippen molar-refractivity contribution in [2.24, 2.45) is 5.73 Å². The lowest BCUT2D eigenvalue weighted by molar-refractivity contribution is -0.139. The Bertz CT molecular complexity index is 398. The average Bonchev–Trinajstić information content (AvgIpc) is 2.36. The molecule has 0 fully saturated rings. The van der Waals surface area contributed by atoms with Crippen molar-refractivity contribution in [2.75, 3.05) is 6.61 Å². The number of rotatable bonds is 6. The van der Waals surface area contributed by atoms with Gasteiger partial charge in [0.25, 0.3) is 0 Å². The summed E-state index contributed by atoms with van der Waals surface area (Å²) in [5.41, 5.74) is 6.73. The van der Waals surface area contributed by atoms with E-state index in [0.717, 1.165) is 6.42 Å². The van der Waals surface area contributed by atoms with Crippen LogP contribution in [0.4, 0.5) is 0 Å². The van der Waals surface area contributed by atoms with Crippen molar-refractivity contribution in [1.29, 1.82) is 0 Å². The molecule has 0 spiro atoms. The van der Waals surface area contributed by atoms with Crippen molar-refractivity contribution in [2.45, 2.75) is 38.6 Å². The van der Waals surface area contributed by atoms with Gasteiger partial charge in [-0.1, -0.05) is 32.9 Å². The number of hydrogen-bond donors (Lipinski definition) is 2. The van der Waals surface area contributed by atoms with E-state index in [-0.39, 0.29) is 12.0 Å². The highest BCUT2D eigenvalue weighted by Crippen LogP contribution is 2.27. The fourth-order valence-electron chi connectivity index (χ4n) is 1.46. The lowest BCUT2D eigenvalue weighted by Gasteiger charge is -2.23. The predicted octanol–water partition coefficient (Wildman–Crippen LogP) is 2.16. The molecule has 1 unspecified atom stereocenters. The Morgan fingerprint density at radius 3 is 2.39 bits per heavy atom. The molecule has 4 heteroatoms. The number of benzene rings is 1. The lowest BCUT2D eigenvalue weighted by Crippen LogP contribution is -2.36. The quantitative estimate of drug-likeness (QED) is 0.812. The topological polar surface area (TPSA) is 72.5 Å². The van der Waals surface area contributed by atoms with Crippen LogP contribution in [0, 0.1) is 0 Å². The van der Waals surface area contributed by atoms with Gasteiger partial charge in [0.15, 0.2) is 0 Å². The van der Waals surface area contributed by atoms with Gasteiger partial charge in [-0.25, -0.2) is 0 Å². The highest BCUT2D eigenvalue weighted by molar-refractivity contribution is 5.73. The standard InChI is InChI=1S/C14H21NO3/c1-4-14(2,3)10-5-7-11(8-6-10)18-9-12(15)13(16)17/h5-8,12H,4,9,15H2,1-3H3,(H,16,17). The molecule has 0 aromatic heterocycles. The van der Waals surface area contributed by atoms with E-state index in [1.807, 2.05) is 24.3 Å². The maximum absolute atomic E-state index is 10.5.